The highest BCUT2D eigenvalue weighted by molar-refractivity contribution is 7.92. The number of hydrogen-bond acceptors (Lipinski definition) is 7. The van der Waals surface area contributed by atoms with Gasteiger partial charge in [-0.15, -0.1) is 0 Å². The van der Waals surface area contributed by atoms with E-state index in [-0.39, 0.29) is 34.7 Å². The first-order chi connectivity index (χ1) is 15.3. The molecule has 0 saturated carbocycles. The van der Waals surface area contributed by atoms with Gasteiger partial charge in [0.25, 0.3) is 15.9 Å². The summed E-state index contributed by atoms with van der Waals surface area (Å²) in [5, 5.41) is 2.75. The molecule has 0 radical (unpaired) electrons. The van der Waals surface area contributed by atoms with Gasteiger partial charge in [-0.1, -0.05) is 13.3 Å². The van der Waals surface area contributed by atoms with Crippen LogP contribution < -0.4 is 19.5 Å². The van der Waals surface area contributed by atoms with Crippen molar-refractivity contribution in [1.82, 2.24) is 5.32 Å². The summed E-state index contributed by atoms with van der Waals surface area (Å²) in [7, 11) is -3.87. The van der Waals surface area contributed by atoms with Gasteiger partial charge in [0.2, 0.25) is 0 Å². The molecule has 2 aromatic carbocycles. The van der Waals surface area contributed by atoms with Gasteiger partial charge in [0.05, 0.1) is 10.5 Å². The Hall–Kier alpha value is -3.27. The van der Waals surface area contributed by atoms with Crippen molar-refractivity contribution < 1.29 is 32.2 Å². The van der Waals surface area contributed by atoms with E-state index in [9.17, 15) is 18.0 Å². The zero-order valence-corrected chi connectivity index (χ0v) is 18.7. The van der Waals surface area contributed by atoms with Crippen molar-refractivity contribution in [2.24, 2.45) is 0 Å². The first-order valence-corrected chi connectivity index (χ1v) is 11.8. The van der Waals surface area contributed by atoms with Crippen molar-refractivity contribution in [2.75, 3.05) is 24.5 Å². The summed E-state index contributed by atoms with van der Waals surface area (Å²) in [5.41, 5.74) is 0.462. The Morgan fingerprint density at radius 3 is 2.44 bits per heavy atom. The third-order valence-electron chi connectivity index (χ3n) is 4.66. The van der Waals surface area contributed by atoms with Crippen molar-refractivity contribution in [3.8, 4) is 11.5 Å². The normalized spacial score (nSPS) is 13.7. The molecule has 0 aliphatic carbocycles. The summed E-state index contributed by atoms with van der Waals surface area (Å²) in [4.78, 5) is 24.0. The van der Waals surface area contributed by atoms with Gasteiger partial charge in [-0.2, -0.15) is 0 Å². The molecule has 0 saturated heterocycles. The van der Waals surface area contributed by atoms with Crippen LogP contribution in [0.1, 0.15) is 37.0 Å². The van der Waals surface area contributed by atoms with E-state index in [0.717, 1.165) is 12.8 Å². The van der Waals surface area contributed by atoms with Crippen LogP contribution in [0.15, 0.2) is 47.4 Å². The first kappa shape index (κ1) is 23.4. The Morgan fingerprint density at radius 1 is 1.06 bits per heavy atom. The number of amides is 1. The lowest BCUT2D eigenvalue weighted by atomic mass is 10.2. The van der Waals surface area contributed by atoms with Crippen LogP contribution in [0.2, 0.25) is 0 Å². The second-order valence-electron chi connectivity index (χ2n) is 7.32. The molecular formula is C22H26N2O7S. The summed E-state index contributed by atoms with van der Waals surface area (Å²) < 4.78 is 43.6. The fraction of sp³-hybridized carbons (Fsp3) is 0.364. The second kappa shape index (κ2) is 10.4. The van der Waals surface area contributed by atoms with E-state index in [4.69, 9.17) is 14.2 Å². The monoisotopic (exact) mass is 462 g/mol. The van der Waals surface area contributed by atoms with Crippen LogP contribution in [0.4, 0.5) is 5.69 Å². The zero-order chi connectivity index (χ0) is 23.1. The minimum atomic E-state index is -3.87. The van der Waals surface area contributed by atoms with Crippen molar-refractivity contribution in [3.05, 3.63) is 48.0 Å². The van der Waals surface area contributed by atoms with Crippen molar-refractivity contribution in [2.45, 2.75) is 37.6 Å². The summed E-state index contributed by atoms with van der Waals surface area (Å²) in [5.74, 6) is -0.190. The number of hydrogen-bond donors (Lipinski definition) is 2. The maximum atomic E-state index is 12.7. The fourth-order valence-corrected chi connectivity index (χ4v) is 4.19. The van der Waals surface area contributed by atoms with Gasteiger partial charge in [0, 0.05) is 17.8 Å². The maximum absolute atomic E-state index is 12.7. The Labute approximate surface area is 187 Å². The Kier molecular flexibility index (Phi) is 7.57. The molecule has 1 aliphatic heterocycles. The minimum Gasteiger partial charge on any atom is -0.486 e. The van der Waals surface area contributed by atoms with Gasteiger partial charge < -0.3 is 19.5 Å². The lowest BCUT2D eigenvalue weighted by molar-refractivity contribution is -0.124. The molecule has 1 unspecified atom stereocenters. The molecule has 172 valence electrons. The molecule has 2 aromatic rings. The first-order valence-electron chi connectivity index (χ1n) is 10.3. The van der Waals surface area contributed by atoms with Gasteiger partial charge in [-0.3, -0.25) is 9.52 Å². The minimum absolute atomic E-state index is 0.00714. The van der Waals surface area contributed by atoms with Crippen LogP contribution in [0, 0.1) is 0 Å². The van der Waals surface area contributed by atoms with E-state index < -0.39 is 16.0 Å². The Balaban J connectivity index is 1.58. The molecule has 1 atom stereocenters. The Morgan fingerprint density at radius 2 is 1.75 bits per heavy atom. The highest BCUT2D eigenvalue weighted by Crippen LogP contribution is 2.32. The molecule has 32 heavy (non-hydrogen) atoms. The van der Waals surface area contributed by atoms with Gasteiger partial charge in [0.15, 0.2) is 18.1 Å². The van der Waals surface area contributed by atoms with Crippen LogP contribution in [0.5, 0.6) is 11.5 Å². The van der Waals surface area contributed by atoms with E-state index >= 15 is 0 Å². The second-order valence-corrected chi connectivity index (χ2v) is 9.00. The Bertz CT molecular complexity index is 1070. The smallest absolute Gasteiger partial charge is 0.338 e. The summed E-state index contributed by atoms with van der Waals surface area (Å²) >= 11 is 0. The molecule has 1 amide bonds. The largest absolute Gasteiger partial charge is 0.486 e. The van der Waals surface area contributed by atoms with Crippen LogP contribution in [0.25, 0.3) is 0 Å². The van der Waals surface area contributed by atoms with E-state index in [1.165, 1.54) is 36.4 Å². The molecular weight excluding hydrogens is 436 g/mol. The zero-order valence-electron chi connectivity index (χ0n) is 17.9. The molecule has 0 aromatic heterocycles. The highest BCUT2D eigenvalue weighted by atomic mass is 32.2. The number of esters is 1. The van der Waals surface area contributed by atoms with Gasteiger partial charge >= 0.3 is 5.97 Å². The number of anilines is 1. The predicted octanol–water partition coefficient (Wildman–Crippen LogP) is 2.72. The third kappa shape index (κ3) is 6.13. The number of nitrogens with one attached hydrogen (secondary N) is 2. The van der Waals surface area contributed by atoms with Crippen molar-refractivity contribution in [3.63, 3.8) is 0 Å². The summed E-state index contributed by atoms with van der Waals surface area (Å²) in [6.45, 7) is 4.28. The van der Waals surface area contributed by atoms with Crippen molar-refractivity contribution in [1.29, 1.82) is 0 Å². The lowest BCUT2D eigenvalue weighted by Gasteiger charge is -2.19. The van der Waals surface area contributed by atoms with Gasteiger partial charge in [-0.25, -0.2) is 13.2 Å². The molecule has 0 fully saturated rings. The van der Waals surface area contributed by atoms with Crippen LogP contribution in [0.3, 0.4) is 0 Å². The lowest BCUT2D eigenvalue weighted by Crippen LogP contribution is -2.35. The van der Waals surface area contributed by atoms with Crippen LogP contribution in [-0.4, -0.2) is 46.2 Å². The molecule has 9 nitrogen and oxygen atoms in total. The summed E-state index contributed by atoms with van der Waals surface area (Å²) in [6.07, 6.45) is 1.77. The highest BCUT2D eigenvalue weighted by Gasteiger charge is 2.20. The standard InChI is InChI=1S/C22H26N2O7S/c1-3-4-15(2)23-21(25)14-31-22(26)16-5-7-17(8-6-16)24-32(27,28)18-9-10-19-20(13-18)30-12-11-29-19/h5-10,13,15,24H,3-4,11-12,14H2,1-2H3,(H,23,25). The average molecular weight is 463 g/mol. The number of benzene rings is 2. The maximum Gasteiger partial charge on any atom is 0.338 e. The molecule has 1 heterocycles. The van der Waals surface area contributed by atoms with Crippen molar-refractivity contribution >= 4 is 27.6 Å². The number of fused-ring (bicyclic) bond motifs is 1. The molecule has 0 bridgehead atoms. The molecule has 2 N–H and O–H groups in total. The third-order valence-corrected chi connectivity index (χ3v) is 6.04. The predicted molar refractivity (Wildman–Crippen MR) is 117 cm³/mol. The van der Waals surface area contributed by atoms with E-state index in [0.29, 0.717) is 24.7 Å². The van der Waals surface area contributed by atoms with E-state index in [1.54, 1.807) is 6.07 Å². The molecule has 10 heteroatoms. The summed E-state index contributed by atoms with van der Waals surface area (Å²) in [6, 6.07) is 10.1. The molecule has 0 spiro atoms. The van der Waals surface area contributed by atoms with E-state index in [2.05, 4.69) is 10.0 Å². The van der Waals surface area contributed by atoms with Crippen LogP contribution >= 0.6 is 0 Å². The topological polar surface area (TPSA) is 120 Å². The van der Waals surface area contributed by atoms with Gasteiger partial charge in [-0.05, 0) is 49.7 Å². The SMILES string of the molecule is CCCC(C)NC(=O)COC(=O)c1ccc(NS(=O)(=O)c2ccc3c(c2)OCCO3)cc1. The van der Waals surface area contributed by atoms with Crippen LogP contribution in [-0.2, 0) is 19.6 Å². The number of sulfonamides is 1. The fourth-order valence-electron chi connectivity index (χ4n) is 3.12. The number of carbonyl (C=O) groups excluding carboxylic acids is 2. The van der Waals surface area contributed by atoms with Gasteiger partial charge in [0.1, 0.15) is 13.2 Å². The average Bonchev–Trinajstić information content (AvgIpc) is 2.77. The number of rotatable bonds is 9. The number of carbonyl (C=O) groups is 2. The molecule has 1 aliphatic rings. The molecule has 3 rings (SSSR count). The van der Waals surface area contributed by atoms with E-state index in [1.807, 2.05) is 13.8 Å². The quantitative estimate of drug-likeness (QED) is 0.550. The number of ether oxygens (including phenoxy) is 3.